The standard InChI is InChI=1S/C7H7N/c8-7-5-3-1-2-4-6-7/h1,3,5H,6,8H2. The van der Waals surface area contributed by atoms with Gasteiger partial charge in [0.05, 0.1) is 0 Å². The highest BCUT2D eigenvalue weighted by Crippen LogP contribution is 1.93. The van der Waals surface area contributed by atoms with Crippen LogP contribution in [0.25, 0.3) is 0 Å². The van der Waals surface area contributed by atoms with E-state index in [1.54, 1.807) is 6.08 Å². The lowest BCUT2D eigenvalue weighted by Crippen LogP contribution is -1.93. The lowest BCUT2D eigenvalue weighted by Gasteiger charge is -1.85. The van der Waals surface area contributed by atoms with Crippen LogP contribution >= 0.6 is 0 Å². The van der Waals surface area contributed by atoms with Crippen molar-refractivity contribution < 1.29 is 0 Å². The Morgan fingerprint density at radius 2 is 2.50 bits per heavy atom. The summed E-state index contributed by atoms with van der Waals surface area (Å²) in [7, 11) is 0. The first kappa shape index (κ1) is 4.99. The van der Waals surface area contributed by atoms with E-state index in [1.165, 1.54) is 0 Å². The van der Waals surface area contributed by atoms with Gasteiger partial charge in [0, 0.05) is 12.1 Å². The molecule has 1 heteroatoms. The zero-order valence-electron chi connectivity index (χ0n) is 4.52. The molecule has 0 amide bonds. The summed E-state index contributed by atoms with van der Waals surface area (Å²) >= 11 is 0. The number of hydrogen-bond acceptors (Lipinski definition) is 1. The van der Waals surface area contributed by atoms with Crippen molar-refractivity contribution in [3.63, 3.8) is 0 Å². The van der Waals surface area contributed by atoms with Gasteiger partial charge in [-0.2, -0.15) is 0 Å². The Morgan fingerprint density at radius 3 is 3.38 bits per heavy atom. The molecule has 1 nitrogen and oxygen atoms in total. The van der Waals surface area contributed by atoms with Crippen LogP contribution in [0.2, 0.25) is 0 Å². The van der Waals surface area contributed by atoms with Gasteiger partial charge in [-0.25, -0.2) is 0 Å². The van der Waals surface area contributed by atoms with Crippen molar-refractivity contribution in [3.8, 4) is 11.8 Å². The monoisotopic (exact) mass is 105 g/mol. The van der Waals surface area contributed by atoms with Gasteiger partial charge in [0.15, 0.2) is 0 Å². The smallest absolute Gasteiger partial charge is 0.0489 e. The molecule has 40 valence electrons. The molecule has 1 aliphatic rings. The molecule has 0 spiro atoms. The number of nitrogens with two attached hydrogens (primary N) is 1. The van der Waals surface area contributed by atoms with E-state index in [0.717, 1.165) is 5.70 Å². The summed E-state index contributed by atoms with van der Waals surface area (Å²) in [6.07, 6.45) is 6.20. The third-order valence-electron chi connectivity index (χ3n) is 0.884. The second-order valence-electron chi connectivity index (χ2n) is 1.60. The molecule has 0 aromatic heterocycles. The third-order valence-corrected chi connectivity index (χ3v) is 0.884. The van der Waals surface area contributed by atoms with Crippen molar-refractivity contribution in [2.45, 2.75) is 6.42 Å². The van der Waals surface area contributed by atoms with Crippen LogP contribution in [0.3, 0.4) is 0 Å². The summed E-state index contributed by atoms with van der Waals surface area (Å²) in [5, 5.41) is 0. The van der Waals surface area contributed by atoms with Gasteiger partial charge in [-0.05, 0) is 12.2 Å². The molecule has 0 radical (unpaired) electrons. The normalized spacial score (nSPS) is 15.8. The minimum absolute atomic E-state index is 0.701. The molecule has 0 aromatic carbocycles. The molecule has 0 unspecified atom stereocenters. The molecule has 0 bridgehead atoms. The SMILES string of the molecule is NC1=CC=CC#CC1. The fourth-order valence-electron chi connectivity index (χ4n) is 0.491. The molecule has 0 heterocycles. The van der Waals surface area contributed by atoms with E-state index < -0.39 is 0 Å². The summed E-state index contributed by atoms with van der Waals surface area (Å²) in [5.74, 6) is 5.68. The lowest BCUT2D eigenvalue weighted by molar-refractivity contribution is 1.20. The predicted molar refractivity (Wildman–Crippen MR) is 33.8 cm³/mol. The second kappa shape index (κ2) is 2.23. The highest BCUT2D eigenvalue weighted by atomic mass is 14.6. The fraction of sp³-hybridized carbons (Fsp3) is 0.143. The number of hydrogen-bond donors (Lipinski definition) is 1. The zero-order chi connectivity index (χ0) is 5.82. The average Bonchev–Trinajstić information content (AvgIpc) is 1.94. The van der Waals surface area contributed by atoms with Crippen molar-refractivity contribution in [1.82, 2.24) is 0 Å². The molecule has 2 N–H and O–H groups in total. The maximum absolute atomic E-state index is 5.44. The summed E-state index contributed by atoms with van der Waals surface area (Å²) in [6, 6.07) is 0. The molecule has 8 heavy (non-hydrogen) atoms. The van der Waals surface area contributed by atoms with E-state index in [4.69, 9.17) is 5.73 Å². The molecule has 0 aromatic rings. The van der Waals surface area contributed by atoms with E-state index in [0.29, 0.717) is 6.42 Å². The summed E-state index contributed by atoms with van der Waals surface area (Å²) < 4.78 is 0. The van der Waals surface area contributed by atoms with Gasteiger partial charge < -0.3 is 5.73 Å². The number of allylic oxidation sites excluding steroid dienone is 4. The quantitative estimate of drug-likeness (QED) is 0.453. The molecule has 0 saturated carbocycles. The average molecular weight is 105 g/mol. The second-order valence-corrected chi connectivity index (χ2v) is 1.60. The Morgan fingerprint density at radius 1 is 1.62 bits per heavy atom. The van der Waals surface area contributed by atoms with Gasteiger partial charge in [0.1, 0.15) is 0 Å². The van der Waals surface area contributed by atoms with Crippen molar-refractivity contribution in [3.05, 3.63) is 23.9 Å². The lowest BCUT2D eigenvalue weighted by atomic mass is 10.3. The summed E-state index contributed by atoms with van der Waals surface area (Å²) in [6.45, 7) is 0. The third kappa shape index (κ3) is 1.16. The predicted octanol–water partition coefficient (Wildman–Crippen LogP) is 0.792. The Hall–Kier alpha value is -1.16. The molecule has 0 atom stereocenters. The minimum Gasteiger partial charge on any atom is -0.401 e. The highest BCUT2D eigenvalue weighted by Gasteiger charge is 1.83. The van der Waals surface area contributed by atoms with Crippen molar-refractivity contribution in [2.24, 2.45) is 5.73 Å². The van der Waals surface area contributed by atoms with Crippen molar-refractivity contribution in [2.75, 3.05) is 0 Å². The van der Waals surface area contributed by atoms with Crippen LogP contribution in [-0.4, -0.2) is 0 Å². The van der Waals surface area contributed by atoms with Gasteiger partial charge in [0.2, 0.25) is 0 Å². The Bertz CT molecular complexity index is 188. The van der Waals surface area contributed by atoms with Gasteiger partial charge in [-0.3, -0.25) is 0 Å². The minimum atomic E-state index is 0.701. The maximum Gasteiger partial charge on any atom is 0.0489 e. The van der Waals surface area contributed by atoms with Crippen molar-refractivity contribution >= 4 is 0 Å². The van der Waals surface area contributed by atoms with E-state index in [-0.39, 0.29) is 0 Å². The first-order chi connectivity index (χ1) is 3.89. The molecule has 0 fully saturated rings. The van der Waals surface area contributed by atoms with E-state index in [2.05, 4.69) is 11.8 Å². The molecular weight excluding hydrogens is 98.1 g/mol. The maximum atomic E-state index is 5.44. The summed E-state index contributed by atoms with van der Waals surface area (Å²) in [4.78, 5) is 0. The molecular formula is C7H7N. The molecule has 1 aliphatic carbocycles. The van der Waals surface area contributed by atoms with Gasteiger partial charge in [-0.15, -0.1) is 0 Å². The summed E-state index contributed by atoms with van der Waals surface area (Å²) in [5.41, 5.74) is 6.28. The van der Waals surface area contributed by atoms with Crippen LogP contribution in [0.15, 0.2) is 23.9 Å². The zero-order valence-corrected chi connectivity index (χ0v) is 4.52. The first-order valence-electron chi connectivity index (χ1n) is 2.49. The highest BCUT2D eigenvalue weighted by molar-refractivity contribution is 5.28. The van der Waals surface area contributed by atoms with Crippen LogP contribution in [0.1, 0.15) is 6.42 Å². The van der Waals surface area contributed by atoms with E-state index in [9.17, 15) is 0 Å². The molecule has 0 aliphatic heterocycles. The van der Waals surface area contributed by atoms with Crippen molar-refractivity contribution in [1.29, 1.82) is 0 Å². The topological polar surface area (TPSA) is 26.0 Å². The Labute approximate surface area is 48.9 Å². The van der Waals surface area contributed by atoms with Crippen LogP contribution in [0.5, 0.6) is 0 Å². The van der Waals surface area contributed by atoms with Crippen LogP contribution in [0.4, 0.5) is 0 Å². The van der Waals surface area contributed by atoms with Crippen LogP contribution in [0, 0.1) is 11.8 Å². The van der Waals surface area contributed by atoms with Gasteiger partial charge in [-0.1, -0.05) is 17.9 Å². The van der Waals surface area contributed by atoms with Gasteiger partial charge >= 0.3 is 0 Å². The molecule has 0 saturated heterocycles. The van der Waals surface area contributed by atoms with Crippen LogP contribution in [-0.2, 0) is 0 Å². The number of rotatable bonds is 0. The van der Waals surface area contributed by atoms with E-state index >= 15 is 0 Å². The first-order valence-corrected chi connectivity index (χ1v) is 2.49. The van der Waals surface area contributed by atoms with Gasteiger partial charge in [0.25, 0.3) is 0 Å². The Kier molecular flexibility index (Phi) is 1.39. The molecule has 1 rings (SSSR count). The largest absolute Gasteiger partial charge is 0.401 e. The van der Waals surface area contributed by atoms with E-state index in [1.807, 2.05) is 12.2 Å². The Balaban J connectivity index is 2.75. The fourth-order valence-corrected chi connectivity index (χ4v) is 0.491. The van der Waals surface area contributed by atoms with Crippen LogP contribution < -0.4 is 5.73 Å².